The summed E-state index contributed by atoms with van der Waals surface area (Å²) in [6.45, 7) is 4.74. The summed E-state index contributed by atoms with van der Waals surface area (Å²) in [4.78, 5) is 2.45. The summed E-state index contributed by atoms with van der Waals surface area (Å²) in [7, 11) is 0. The summed E-state index contributed by atoms with van der Waals surface area (Å²) < 4.78 is 2.51. The van der Waals surface area contributed by atoms with Crippen molar-refractivity contribution in [1.82, 2.24) is 4.57 Å². The SMILES string of the molecule is CC1(C)c2ccccc2-c2ccc(N(c3ccc(-c4ccccc4)cc3)c3ccc4c5ccc6ccccc6c5n(-c5ccc(-c6ccc7c(c6)-c6ccccc6C76c7ccccc7-c7ccccc76)cc5)c4c3)cc21. The molecule has 1 aromatic heterocycles. The van der Waals surface area contributed by atoms with Crippen LogP contribution in [0.1, 0.15) is 47.2 Å². The van der Waals surface area contributed by atoms with Gasteiger partial charge in [0.1, 0.15) is 0 Å². The van der Waals surface area contributed by atoms with Crippen LogP contribution < -0.4 is 4.90 Å². The first-order chi connectivity index (χ1) is 37.4. The molecule has 16 rings (SSSR count). The van der Waals surface area contributed by atoms with Crippen LogP contribution in [-0.2, 0) is 10.8 Å². The Hall–Kier alpha value is -9.50. The van der Waals surface area contributed by atoms with Crippen molar-refractivity contribution in [3.8, 4) is 61.3 Å². The average Bonchev–Trinajstić information content (AvgIpc) is 4.37. The van der Waals surface area contributed by atoms with Gasteiger partial charge >= 0.3 is 0 Å². The normalized spacial score (nSPS) is 13.9. The van der Waals surface area contributed by atoms with Gasteiger partial charge in [-0.15, -0.1) is 0 Å². The molecule has 0 saturated heterocycles. The number of nitrogens with zero attached hydrogens (tertiary/aromatic N) is 2. The third-order valence-corrected chi connectivity index (χ3v) is 17.4. The molecule has 3 aliphatic carbocycles. The monoisotopic (exact) mass is 966 g/mol. The molecule has 13 aromatic rings. The average molecular weight is 967 g/mol. The lowest BCUT2D eigenvalue weighted by atomic mass is 9.70. The molecule has 0 radical (unpaired) electrons. The second-order valence-electron chi connectivity index (χ2n) is 21.6. The molecule has 0 aliphatic heterocycles. The van der Waals surface area contributed by atoms with Gasteiger partial charge in [-0.25, -0.2) is 0 Å². The predicted molar refractivity (Wildman–Crippen MR) is 318 cm³/mol. The van der Waals surface area contributed by atoms with Gasteiger partial charge in [-0.3, -0.25) is 0 Å². The van der Waals surface area contributed by atoms with Crippen molar-refractivity contribution in [1.29, 1.82) is 0 Å². The molecule has 0 amide bonds. The van der Waals surface area contributed by atoms with Crippen LogP contribution in [0.25, 0.3) is 93.9 Å². The van der Waals surface area contributed by atoms with E-state index in [1.54, 1.807) is 0 Å². The van der Waals surface area contributed by atoms with E-state index in [0.29, 0.717) is 0 Å². The number of rotatable bonds is 6. The summed E-state index contributed by atoms with van der Waals surface area (Å²) in [5.41, 5.74) is 27.2. The minimum absolute atomic E-state index is 0.144. The first-order valence-corrected chi connectivity index (χ1v) is 26.7. The largest absolute Gasteiger partial charge is 0.310 e. The predicted octanol–water partition coefficient (Wildman–Crippen LogP) is 19.4. The lowest BCUT2D eigenvalue weighted by Crippen LogP contribution is -2.25. The maximum absolute atomic E-state index is 2.51. The molecule has 1 spiro atoms. The maximum atomic E-state index is 2.51. The number of aromatic nitrogens is 1. The van der Waals surface area contributed by atoms with E-state index in [0.717, 1.165) is 28.3 Å². The van der Waals surface area contributed by atoms with E-state index < -0.39 is 0 Å². The minimum Gasteiger partial charge on any atom is -0.310 e. The van der Waals surface area contributed by atoms with Gasteiger partial charge in [0.15, 0.2) is 0 Å². The zero-order valence-electron chi connectivity index (χ0n) is 42.3. The van der Waals surface area contributed by atoms with Crippen LogP contribution in [-0.4, -0.2) is 4.57 Å². The van der Waals surface area contributed by atoms with Crippen molar-refractivity contribution < 1.29 is 0 Å². The summed E-state index contributed by atoms with van der Waals surface area (Å²) in [6, 6.07) is 100.0. The fourth-order valence-corrected chi connectivity index (χ4v) is 14.0. The van der Waals surface area contributed by atoms with E-state index in [4.69, 9.17) is 0 Å². The van der Waals surface area contributed by atoms with Crippen molar-refractivity contribution in [3.63, 3.8) is 0 Å². The fourth-order valence-electron chi connectivity index (χ4n) is 14.0. The highest BCUT2D eigenvalue weighted by atomic mass is 15.1. The highest BCUT2D eigenvalue weighted by Gasteiger charge is 2.51. The molecule has 3 aliphatic rings. The Morgan fingerprint density at radius 1 is 0.303 bits per heavy atom. The molecule has 0 fully saturated rings. The maximum Gasteiger partial charge on any atom is 0.0725 e. The Morgan fingerprint density at radius 2 is 0.789 bits per heavy atom. The molecule has 0 N–H and O–H groups in total. The van der Waals surface area contributed by atoms with Gasteiger partial charge in [0.2, 0.25) is 0 Å². The first-order valence-electron chi connectivity index (χ1n) is 26.7. The molecule has 2 nitrogen and oxygen atoms in total. The van der Waals surface area contributed by atoms with Gasteiger partial charge in [-0.1, -0.05) is 226 Å². The molecule has 356 valence electrons. The van der Waals surface area contributed by atoms with Crippen LogP contribution >= 0.6 is 0 Å². The van der Waals surface area contributed by atoms with E-state index in [-0.39, 0.29) is 10.8 Å². The Labute approximate surface area is 443 Å². The van der Waals surface area contributed by atoms with Gasteiger partial charge in [0.25, 0.3) is 0 Å². The summed E-state index contributed by atoms with van der Waals surface area (Å²) in [6.07, 6.45) is 0. The number of anilines is 3. The molecule has 0 saturated carbocycles. The third-order valence-electron chi connectivity index (χ3n) is 17.4. The lowest BCUT2D eigenvalue weighted by Gasteiger charge is -2.30. The number of benzene rings is 12. The lowest BCUT2D eigenvalue weighted by molar-refractivity contribution is 0.660. The highest BCUT2D eigenvalue weighted by Crippen LogP contribution is 2.63. The Balaban J connectivity index is 0.857. The number of fused-ring (bicyclic) bond motifs is 18. The van der Waals surface area contributed by atoms with Gasteiger partial charge in [0.05, 0.1) is 16.4 Å². The summed E-state index contributed by atoms with van der Waals surface area (Å²) in [5, 5.41) is 4.92. The minimum atomic E-state index is -0.357. The van der Waals surface area contributed by atoms with Gasteiger partial charge in [-0.05, 0) is 149 Å². The molecular formula is C74H50N2. The fraction of sp³-hybridized carbons (Fsp3) is 0.0541. The van der Waals surface area contributed by atoms with Crippen LogP contribution in [0.2, 0.25) is 0 Å². The summed E-state index contributed by atoms with van der Waals surface area (Å²) in [5.74, 6) is 0. The van der Waals surface area contributed by atoms with E-state index >= 15 is 0 Å². The Kier molecular flexibility index (Phi) is 9.04. The van der Waals surface area contributed by atoms with E-state index in [1.807, 2.05) is 0 Å². The molecule has 1 heterocycles. The Morgan fingerprint density at radius 3 is 1.50 bits per heavy atom. The Bertz CT molecular complexity index is 4490. The topological polar surface area (TPSA) is 8.17 Å². The van der Waals surface area contributed by atoms with Gasteiger partial charge in [0, 0.05) is 44.3 Å². The summed E-state index contributed by atoms with van der Waals surface area (Å²) >= 11 is 0. The quantitative estimate of drug-likeness (QED) is 0.161. The molecular weight excluding hydrogens is 917 g/mol. The smallest absolute Gasteiger partial charge is 0.0725 e. The van der Waals surface area contributed by atoms with E-state index in [1.165, 1.54) is 116 Å². The molecule has 76 heavy (non-hydrogen) atoms. The standard InChI is InChI=1S/C74H50N2/c1-73(2)65-24-12-8-20-57(65)61-41-38-54(45-70(61)73)75(52-34-28-48(29-35-52)47-16-4-3-5-17-47)55-39-42-62-63-40-32-50-18-6-7-19-56(50)72(63)76(71(62)46-55)53-36-30-49(31-37-53)51-33-43-69-64(44-51)60-23-11-15-27-68(60)74(69)66-25-13-9-21-58(66)59-22-10-14-26-67(59)74/h3-46H,1-2H3. The molecule has 2 heteroatoms. The first kappa shape index (κ1) is 43.0. The van der Waals surface area contributed by atoms with E-state index in [9.17, 15) is 0 Å². The van der Waals surface area contributed by atoms with Crippen LogP contribution in [0.5, 0.6) is 0 Å². The second-order valence-corrected chi connectivity index (χ2v) is 21.6. The third kappa shape index (κ3) is 5.93. The molecule has 0 unspecified atom stereocenters. The molecule has 12 aromatic carbocycles. The highest BCUT2D eigenvalue weighted by molar-refractivity contribution is 6.19. The van der Waals surface area contributed by atoms with Crippen LogP contribution in [0.3, 0.4) is 0 Å². The van der Waals surface area contributed by atoms with Crippen molar-refractivity contribution in [2.75, 3.05) is 4.90 Å². The van der Waals surface area contributed by atoms with Crippen molar-refractivity contribution in [3.05, 3.63) is 300 Å². The van der Waals surface area contributed by atoms with Crippen LogP contribution in [0.15, 0.2) is 267 Å². The number of hydrogen-bond acceptors (Lipinski definition) is 1. The number of hydrogen-bond donors (Lipinski definition) is 0. The van der Waals surface area contributed by atoms with Gasteiger partial charge in [-0.2, -0.15) is 0 Å². The van der Waals surface area contributed by atoms with E-state index in [2.05, 4.69) is 290 Å². The van der Waals surface area contributed by atoms with Crippen molar-refractivity contribution in [2.45, 2.75) is 24.7 Å². The zero-order chi connectivity index (χ0) is 50.3. The molecule has 0 atom stereocenters. The van der Waals surface area contributed by atoms with Crippen LogP contribution in [0.4, 0.5) is 17.1 Å². The van der Waals surface area contributed by atoms with Crippen molar-refractivity contribution in [2.24, 2.45) is 0 Å². The molecule has 0 bridgehead atoms. The van der Waals surface area contributed by atoms with Crippen molar-refractivity contribution >= 4 is 49.6 Å². The van der Waals surface area contributed by atoms with Crippen LogP contribution in [0, 0.1) is 0 Å². The van der Waals surface area contributed by atoms with Gasteiger partial charge < -0.3 is 9.47 Å². The second kappa shape index (κ2) is 16.0. The zero-order valence-corrected chi connectivity index (χ0v) is 42.3.